The van der Waals surface area contributed by atoms with Crippen LogP contribution in [0.15, 0.2) is 54.6 Å². The van der Waals surface area contributed by atoms with Crippen LogP contribution < -0.4 is 43.0 Å². The third kappa shape index (κ3) is 20.5. The Balaban J connectivity index is 2.46. The van der Waals surface area contributed by atoms with Crippen molar-refractivity contribution >= 4 is 70.9 Å². The number of Topliss-reactive ketones (excluding diaryl/α,β-unsaturated/α-hetero) is 1. The average molecular weight is 981 g/mol. The van der Waals surface area contributed by atoms with Gasteiger partial charge in [-0.15, -0.1) is 0 Å². The zero-order valence-corrected chi connectivity index (χ0v) is 40.8. The number of para-hydroxylation sites is 1. The number of ether oxygens (including phenoxy) is 1. The summed E-state index contributed by atoms with van der Waals surface area (Å²) >= 11 is 0. The molecule has 22 nitrogen and oxygen atoms in total. The first-order valence-electron chi connectivity index (χ1n) is 22.9. The van der Waals surface area contributed by atoms with Crippen molar-refractivity contribution in [2.45, 2.75) is 149 Å². The van der Waals surface area contributed by atoms with Gasteiger partial charge >= 0.3 is 18.0 Å². The maximum Gasteiger partial charge on any atom is 0.412 e. The fourth-order valence-corrected chi connectivity index (χ4v) is 6.90. The molecule has 7 atom stereocenters. The summed E-state index contributed by atoms with van der Waals surface area (Å²) in [4.78, 5) is 144. The third-order valence-electron chi connectivity index (χ3n) is 10.8. The van der Waals surface area contributed by atoms with E-state index in [1.165, 1.54) is 0 Å². The molecular weight excluding hydrogens is 913 g/mol. The van der Waals surface area contributed by atoms with Gasteiger partial charge in [0.2, 0.25) is 35.3 Å². The lowest BCUT2D eigenvalue weighted by Gasteiger charge is -2.34. The molecule has 2 aromatic rings. The number of amides is 8. The van der Waals surface area contributed by atoms with Crippen molar-refractivity contribution in [2.24, 2.45) is 17.1 Å². The minimum Gasteiger partial charge on any atom is -0.481 e. The summed E-state index contributed by atoms with van der Waals surface area (Å²) in [5.41, 5.74) is 5.80. The van der Waals surface area contributed by atoms with Crippen molar-refractivity contribution in [2.75, 3.05) is 5.32 Å². The minimum absolute atomic E-state index is 0.0821. The zero-order chi connectivity index (χ0) is 52.9. The largest absolute Gasteiger partial charge is 0.481 e. The van der Waals surface area contributed by atoms with E-state index in [2.05, 4.69) is 37.2 Å². The number of anilines is 1. The van der Waals surface area contributed by atoms with Gasteiger partial charge in [-0.05, 0) is 67.7 Å². The SMILES string of the molecule is CCCCC(NC(=O)[C@H](CC(C)C)NC(=O)[C@@H](NC(=O)[C@H](Cc1ccccc1C)NC(=O)[C@H](CCC(=O)O)NC(=O)[C@H](CC(=O)O)NC(=O)C(C)OC(=O)Nc1ccccc1)C(C)(C)C)C(=O)C(N)=O. The highest BCUT2D eigenvalue weighted by Gasteiger charge is 2.39. The van der Waals surface area contributed by atoms with Crippen molar-refractivity contribution in [1.29, 1.82) is 0 Å². The number of unbranched alkanes of at least 4 members (excludes halogenated alkanes) is 1. The Bertz CT molecular complexity index is 2200. The molecule has 0 saturated heterocycles. The Morgan fingerprint density at radius 3 is 1.71 bits per heavy atom. The molecule has 2 rings (SSSR count). The Kier molecular flexibility index (Phi) is 23.6. The van der Waals surface area contributed by atoms with Gasteiger partial charge in [-0.1, -0.05) is 96.8 Å². The summed E-state index contributed by atoms with van der Waals surface area (Å²) in [6.07, 6.45) is -3.76. The van der Waals surface area contributed by atoms with Crippen LogP contribution in [0.1, 0.15) is 105 Å². The van der Waals surface area contributed by atoms with E-state index in [0.717, 1.165) is 6.92 Å². The second-order valence-corrected chi connectivity index (χ2v) is 18.3. The lowest BCUT2D eigenvalue weighted by Crippen LogP contribution is -2.62. The maximum absolute atomic E-state index is 14.4. The summed E-state index contributed by atoms with van der Waals surface area (Å²) < 4.78 is 5.08. The number of carbonyl (C=O) groups excluding carboxylic acids is 9. The molecule has 2 unspecified atom stereocenters. The molecule has 0 aliphatic heterocycles. The minimum atomic E-state index is -1.88. The van der Waals surface area contributed by atoms with E-state index in [4.69, 9.17) is 10.5 Å². The van der Waals surface area contributed by atoms with Gasteiger partial charge in [0.05, 0.1) is 12.5 Å². The fraction of sp³-hybridized carbons (Fsp3) is 0.521. The number of aliphatic carboxylic acids is 2. The van der Waals surface area contributed by atoms with Crippen molar-refractivity contribution in [3.05, 3.63) is 65.7 Å². The first-order valence-corrected chi connectivity index (χ1v) is 22.9. The van der Waals surface area contributed by atoms with E-state index >= 15 is 0 Å². The fourth-order valence-electron chi connectivity index (χ4n) is 6.90. The number of rotatable bonds is 28. The Hall–Kier alpha value is -7.39. The molecule has 0 heterocycles. The number of ketones is 1. The van der Waals surface area contributed by atoms with Gasteiger partial charge in [0.1, 0.15) is 30.2 Å². The predicted octanol–water partition coefficient (Wildman–Crippen LogP) is 1.76. The lowest BCUT2D eigenvalue weighted by atomic mass is 9.85. The highest BCUT2D eigenvalue weighted by Crippen LogP contribution is 2.21. The molecule has 8 amide bonds. The predicted molar refractivity (Wildman–Crippen MR) is 254 cm³/mol. The first-order chi connectivity index (χ1) is 32.7. The second-order valence-electron chi connectivity index (χ2n) is 18.3. The van der Waals surface area contributed by atoms with E-state index in [1.807, 2.05) is 6.92 Å². The molecule has 70 heavy (non-hydrogen) atoms. The van der Waals surface area contributed by atoms with Crippen molar-refractivity contribution < 1.29 is 67.7 Å². The van der Waals surface area contributed by atoms with Crippen LogP contribution >= 0.6 is 0 Å². The average Bonchev–Trinajstić information content (AvgIpc) is 3.27. The third-order valence-corrected chi connectivity index (χ3v) is 10.8. The van der Waals surface area contributed by atoms with Crippen LogP contribution in [0.2, 0.25) is 0 Å². The Morgan fingerprint density at radius 2 is 1.16 bits per heavy atom. The second kappa shape index (κ2) is 28.2. The van der Waals surface area contributed by atoms with Crippen molar-refractivity contribution in [3.63, 3.8) is 0 Å². The quantitative estimate of drug-likeness (QED) is 0.0544. The van der Waals surface area contributed by atoms with Crippen molar-refractivity contribution in [3.8, 4) is 0 Å². The van der Waals surface area contributed by atoms with Gasteiger partial charge < -0.3 is 52.6 Å². The molecule has 0 saturated carbocycles. The summed E-state index contributed by atoms with van der Waals surface area (Å²) in [5, 5.41) is 36.5. The number of primary amides is 1. The monoisotopic (exact) mass is 980 g/mol. The molecular formula is C48H68N8O14. The van der Waals surface area contributed by atoms with E-state index < -0.39 is 132 Å². The number of hydrogen-bond donors (Lipinski definition) is 10. The zero-order valence-electron chi connectivity index (χ0n) is 40.8. The number of aryl methyl sites for hydroxylation is 1. The van der Waals surface area contributed by atoms with Gasteiger partial charge in [0.15, 0.2) is 6.10 Å². The van der Waals surface area contributed by atoms with Gasteiger partial charge in [0.25, 0.3) is 11.8 Å². The summed E-state index contributed by atoms with van der Waals surface area (Å²) in [6, 6.07) is 5.92. The highest BCUT2D eigenvalue weighted by atomic mass is 16.6. The molecule has 0 fully saturated rings. The number of carbonyl (C=O) groups is 11. The number of benzene rings is 2. The molecule has 0 bridgehead atoms. The number of nitrogens with two attached hydrogens (primary N) is 1. The van der Waals surface area contributed by atoms with E-state index in [1.54, 1.807) is 96.1 Å². The standard InChI is InChI=1S/C48H68N8O14/c1-9-10-20-31(38(61)40(49)62)51-43(65)33(23-26(2)3)55-46(68)39(48(6,7)8)56-45(67)34(24-29-17-15-14-16-27(29)4)54-42(64)32(21-22-36(57)58)52-44(66)35(25-37(59)60)53-41(63)28(5)70-47(69)50-30-18-12-11-13-19-30/h11-19,26,28,31-35,39H,9-10,20-25H2,1-8H3,(H2,49,62)(H,50,69)(H,51,65)(H,52,66)(H,53,63)(H,54,64)(H,55,68)(H,56,67)(H,57,58)(H,59,60)/t28?,31?,32-,33-,34-,35-,39+/m0/s1. The highest BCUT2D eigenvalue weighted by molar-refractivity contribution is 6.37. The summed E-state index contributed by atoms with van der Waals surface area (Å²) in [6.45, 7) is 13.2. The van der Waals surface area contributed by atoms with Gasteiger partial charge in [-0.2, -0.15) is 0 Å². The van der Waals surface area contributed by atoms with Gasteiger partial charge in [-0.3, -0.25) is 53.3 Å². The van der Waals surface area contributed by atoms with Crippen LogP contribution in [0.3, 0.4) is 0 Å². The summed E-state index contributed by atoms with van der Waals surface area (Å²) in [5.74, 6) is -11.3. The molecule has 0 aliphatic carbocycles. The molecule has 0 spiro atoms. The molecule has 0 aromatic heterocycles. The van der Waals surface area contributed by atoms with Crippen LogP contribution in [0.25, 0.3) is 0 Å². The summed E-state index contributed by atoms with van der Waals surface area (Å²) in [7, 11) is 0. The van der Waals surface area contributed by atoms with Crippen LogP contribution in [-0.4, -0.2) is 118 Å². The molecule has 0 aliphatic rings. The number of carboxylic acids is 2. The van der Waals surface area contributed by atoms with E-state index in [-0.39, 0.29) is 25.2 Å². The topological polar surface area (TPSA) is 348 Å². The van der Waals surface area contributed by atoms with Crippen LogP contribution in [0, 0.1) is 18.3 Å². The van der Waals surface area contributed by atoms with E-state index in [9.17, 15) is 63.0 Å². The van der Waals surface area contributed by atoms with Crippen LogP contribution in [0.4, 0.5) is 10.5 Å². The smallest absolute Gasteiger partial charge is 0.412 e. The van der Waals surface area contributed by atoms with Gasteiger partial charge in [-0.25, -0.2) is 4.79 Å². The molecule has 2 aromatic carbocycles. The number of nitrogens with one attached hydrogen (secondary N) is 7. The van der Waals surface area contributed by atoms with Crippen LogP contribution in [-0.2, 0) is 59.1 Å². The lowest BCUT2D eigenvalue weighted by molar-refractivity contribution is -0.142. The normalized spacial score (nSPS) is 14.1. The molecule has 0 radical (unpaired) electrons. The molecule has 22 heteroatoms. The molecule has 11 N–H and O–H groups in total. The van der Waals surface area contributed by atoms with Crippen LogP contribution in [0.5, 0.6) is 0 Å². The Labute approximate surface area is 406 Å². The molecule has 384 valence electrons. The maximum atomic E-state index is 14.4. The Morgan fingerprint density at radius 1 is 0.629 bits per heavy atom. The number of carboxylic acid groups (broad SMARTS) is 2. The first kappa shape index (κ1) is 58.7. The number of hydrogen-bond acceptors (Lipinski definition) is 12. The van der Waals surface area contributed by atoms with E-state index in [0.29, 0.717) is 29.7 Å². The van der Waals surface area contributed by atoms with Crippen molar-refractivity contribution in [1.82, 2.24) is 31.9 Å². The van der Waals surface area contributed by atoms with Gasteiger partial charge in [0, 0.05) is 18.5 Å².